The Labute approximate surface area is 197 Å². The maximum absolute atomic E-state index is 13.1. The lowest BCUT2D eigenvalue weighted by atomic mass is 9.93. The molecule has 0 bridgehead atoms. The summed E-state index contributed by atoms with van der Waals surface area (Å²) in [4.78, 5) is 25.6. The highest BCUT2D eigenvalue weighted by Crippen LogP contribution is 2.42. The number of carbonyl (C=O) groups is 2. The molecule has 0 saturated heterocycles. The zero-order valence-corrected chi connectivity index (χ0v) is 20.9. The molecule has 1 N–H and O–H groups in total. The molecule has 1 aromatic carbocycles. The number of esters is 2. The number of aromatic hydroxyl groups is 1. The topological polar surface area (TPSA) is 82.1 Å². The van der Waals surface area contributed by atoms with Gasteiger partial charge in [0, 0.05) is 12.5 Å². The summed E-state index contributed by atoms with van der Waals surface area (Å²) in [6, 6.07) is 1.63. The van der Waals surface area contributed by atoms with Crippen LogP contribution in [-0.2, 0) is 27.1 Å². The number of phenols is 1. The maximum Gasteiger partial charge on any atom is 0.392 e. The minimum Gasteiger partial charge on any atom is -0.508 e. The van der Waals surface area contributed by atoms with E-state index in [2.05, 4.69) is 26.8 Å². The van der Waals surface area contributed by atoms with Crippen molar-refractivity contribution in [3.8, 4) is 11.5 Å². The average Bonchev–Trinajstić information content (AvgIpc) is 2.73. The number of fused-ring (bicyclic) bond motifs is 1. The summed E-state index contributed by atoms with van der Waals surface area (Å²) in [6.07, 6.45) is 9.93. The first kappa shape index (κ1) is 26.5. The zero-order chi connectivity index (χ0) is 24.6. The lowest BCUT2D eigenvalue weighted by Gasteiger charge is -2.34. The minimum atomic E-state index is -1.90. The molecule has 0 radical (unpaired) electrons. The van der Waals surface area contributed by atoms with E-state index in [1.54, 1.807) is 13.0 Å². The van der Waals surface area contributed by atoms with E-state index in [1.165, 1.54) is 18.1 Å². The first-order chi connectivity index (χ1) is 15.6. The van der Waals surface area contributed by atoms with Crippen LogP contribution in [-0.4, -0.2) is 29.4 Å². The summed E-state index contributed by atoms with van der Waals surface area (Å²) in [5.74, 6) is -3.05. The molecule has 6 nitrogen and oxygen atoms in total. The molecule has 1 aliphatic heterocycles. The van der Waals surface area contributed by atoms with Crippen LogP contribution in [0.3, 0.4) is 0 Å². The summed E-state index contributed by atoms with van der Waals surface area (Å²) < 4.78 is 16.5. The van der Waals surface area contributed by atoms with Gasteiger partial charge in [0.25, 0.3) is 0 Å². The number of hydrogen-bond donors (Lipinski definition) is 1. The van der Waals surface area contributed by atoms with Crippen LogP contribution in [0.2, 0.25) is 0 Å². The van der Waals surface area contributed by atoms with Crippen molar-refractivity contribution in [1.29, 1.82) is 0 Å². The normalized spacial score (nSPS) is 17.6. The molecule has 1 unspecified atom stereocenters. The Bertz CT molecular complexity index is 923. The predicted molar refractivity (Wildman–Crippen MR) is 129 cm³/mol. The number of hydrogen-bond acceptors (Lipinski definition) is 6. The first-order valence-corrected chi connectivity index (χ1v) is 11.9. The largest absolute Gasteiger partial charge is 0.508 e. The Kier molecular flexibility index (Phi) is 9.56. The van der Waals surface area contributed by atoms with Gasteiger partial charge in [-0.15, -0.1) is 0 Å². The van der Waals surface area contributed by atoms with Crippen molar-refractivity contribution in [2.24, 2.45) is 0 Å². The Balaban J connectivity index is 2.46. The number of carbonyl (C=O) groups excluding carboxylic acids is 2. The van der Waals surface area contributed by atoms with Gasteiger partial charge in [-0.1, -0.05) is 43.1 Å². The summed E-state index contributed by atoms with van der Waals surface area (Å²) in [7, 11) is 0. The smallest absolute Gasteiger partial charge is 0.392 e. The summed E-state index contributed by atoms with van der Waals surface area (Å²) in [6.45, 7) is 11.5. The fraction of sp³-hybridized carbons (Fsp3) is 0.556. The van der Waals surface area contributed by atoms with Crippen molar-refractivity contribution in [2.45, 2.75) is 92.3 Å². The van der Waals surface area contributed by atoms with Crippen LogP contribution in [0.4, 0.5) is 0 Å². The van der Waals surface area contributed by atoms with Crippen molar-refractivity contribution in [2.75, 3.05) is 6.61 Å². The van der Waals surface area contributed by atoms with Crippen LogP contribution in [0.15, 0.2) is 29.4 Å². The molecule has 1 aromatic rings. The van der Waals surface area contributed by atoms with E-state index in [1.807, 2.05) is 13.0 Å². The lowest BCUT2D eigenvalue weighted by molar-refractivity contribution is -0.198. The third kappa shape index (κ3) is 6.86. The van der Waals surface area contributed by atoms with Crippen molar-refractivity contribution >= 4 is 11.9 Å². The monoisotopic (exact) mass is 458 g/mol. The minimum absolute atomic E-state index is 0.0505. The molecule has 182 valence electrons. The molecular formula is C27H38O6. The molecule has 6 heteroatoms. The second-order valence-corrected chi connectivity index (χ2v) is 8.93. The summed E-state index contributed by atoms with van der Waals surface area (Å²) in [5.41, 5.74) is 3.87. The van der Waals surface area contributed by atoms with Crippen LogP contribution in [0.25, 0.3) is 0 Å². The number of ether oxygens (including phenoxy) is 3. The Morgan fingerprint density at radius 2 is 1.88 bits per heavy atom. The van der Waals surface area contributed by atoms with Crippen LogP contribution >= 0.6 is 0 Å². The lowest BCUT2D eigenvalue weighted by Crippen LogP contribution is -2.50. The quantitative estimate of drug-likeness (QED) is 0.242. The van der Waals surface area contributed by atoms with E-state index < -0.39 is 17.7 Å². The van der Waals surface area contributed by atoms with E-state index in [0.29, 0.717) is 24.0 Å². The van der Waals surface area contributed by atoms with Gasteiger partial charge in [-0.05, 0) is 71.4 Å². The van der Waals surface area contributed by atoms with Crippen molar-refractivity contribution in [3.05, 3.63) is 46.1 Å². The second-order valence-electron chi connectivity index (χ2n) is 8.93. The number of cyclic esters (lactones) is 1. The van der Waals surface area contributed by atoms with Crippen LogP contribution < -0.4 is 4.74 Å². The molecule has 0 spiro atoms. The van der Waals surface area contributed by atoms with Gasteiger partial charge < -0.3 is 19.3 Å². The molecule has 0 saturated carbocycles. The van der Waals surface area contributed by atoms with E-state index in [4.69, 9.17) is 14.2 Å². The van der Waals surface area contributed by atoms with Crippen LogP contribution in [0.5, 0.6) is 11.5 Å². The predicted octanol–water partition coefficient (Wildman–Crippen LogP) is 6.19. The summed E-state index contributed by atoms with van der Waals surface area (Å²) >= 11 is 0. The highest BCUT2D eigenvalue weighted by molar-refractivity contribution is 5.99. The highest BCUT2D eigenvalue weighted by Gasteiger charge is 2.48. The Morgan fingerprint density at radius 1 is 1.15 bits per heavy atom. The van der Waals surface area contributed by atoms with Gasteiger partial charge in [-0.25, -0.2) is 9.59 Å². The van der Waals surface area contributed by atoms with Gasteiger partial charge in [0.05, 0.1) is 6.61 Å². The van der Waals surface area contributed by atoms with E-state index in [-0.39, 0.29) is 23.7 Å². The number of benzene rings is 1. The standard InChI is InChI=1S/C27H38O6/c1-7-9-10-14-20-17-22(28)21(16-15-19(5)13-11-12-18(3)4)24-23(20)25(29)33-27(6,32-24)26(30)31-8-2/h12,15,17,28H,7-11,13-14,16H2,1-6H3/b19-15+. The number of rotatable bonds is 11. The van der Waals surface area contributed by atoms with Crippen molar-refractivity contribution < 1.29 is 28.9 Å². The third-order valence-electron chi connectivity index (χ3n) is 5.67. The molecule has 2 rings (SSSR count). The van der Waals surface area contributed by atoms with Gasteiger partial charge >= 0.3 is 17.7 Å². The molecule has 0 aliphatic carbocycles. The van der Waals surface area contributed by atoms with Gasteiger partial charge in [0.2, 0.25) is 0 Å². The van der Waals surface area contributed by atoms with Gasteiger partial charge in [-0.2, -0.15) is 0 Å². The van der Waals surface area contributed by atoms with Crippen LogP contribution in [0, 0.1) is 0 Å². The number of unbranched alkanes of at least 4 members (excludes halogenated alkanes) is 2. The highest BCUT2D eigenvalue weighted by atomic mass is 16.8. The third-order valence-corrected chi connectivity index (χ3v) is 5.67. The second kappa shape index (κ2) is 11.9. The maximum atomic E-state index is 13.1. The molecule has 1 atom stereocenters. The molecule has 1 heterocycles. The molecule has 0 amide bonds. The first-order valence-electron chi connectivity index (χ1n) is 11.9. The van der Waals surface area contributed by atoms with Crippen LogP contribution in [0.1, 0.15) is 95.1 Å². The zero-order valence-electron chi connectivity index (χ0n) is 20.9. The van der Waals surface area contributed by atoms with Gasteiger partial charge in [-0.3, -0.25) is 0 Å². The number of phenolic OH excluding ortho intramolecular Hbond substituents is 1. The Hall–Kier alpha value is -2.76. The number of allylic oxidation sites excluding steroid dienone is 4. The molecule has 0 aromatic heterocycles. The van der Waals surface area contributed by atoms with E-state index in [0.717, 1.165) is 32.1 Å². The fourth-order valence-corrected chi connectivity index (χ4v) is 3.79. The Morgan fingerprint density at radius 3 is 2.52 bits per heavy atom. The molecule has 1 aliphatic rings. The van der Waals surface area contributed by atoms with E-state index >= 15 is 0 Å². The number of aryl methyl sites for hydroxylation is 1. The molecule has 0 fully saturated rings. The van der Waals surface area contributed by atoms with Crippen molar-refractivity contribution in [3.63, 3.8) is 0 Å². The average molecular weight is 459 g/mol. The van der Waals surface area contributed by atoms with E-state index in [9.17, 15) is 14.7 Å². The summed E-state index contributed by atoms with van der Waals surface area (Å²) in [5, 5.41) is 10.9. The molecular weight excluding hydrogens is 420 g/mol. The SMILES string of the molecule is CCCCCc1cc(O)c(C/C=C(\C)CCC=C(C)C)c2c1C(=O)OC(C)(C(=O)OCC)O2. The fourth-order valence-electron chi connectivity index (χ4n) is 3.79. The molecule has 33 heavy (non-hydrogen) atoms. The van der Waals surface area contributed by atoms with Gasteiger partial charge in [0.1, 0.15) is 17.1 Å². The van der Waals surface area contributed by atoms with Crippen molar-refractivity contribution in [1.82, 2.24) is 0 Å². The van der Waals surface area contributed by atoms with Gasteiger partial charge in [0.15, 0.2) is 0 Å².